The summed E-state index contributed by atoms with van der Waals surface area (Å²) in [6.07, 6.45) is -0.00348. The van der Waals surface area contributed by atoms with Gasteiger partial charge in [0.2, 0.25) is 5.91 Å². The van der Waals surface area contributed by atoms with Crippen LogP contribution in [-0.2, 0) is 16.0 Å². The molecule has 1 aliphatic rings. The number of rotatable bonds is 4. The lowest BCUT2D eigenvalue weighted by Crippen LogP contribution is -2.36. The molecule has 1 heterocycles. The van der Waals surface area contributed by atoms with Gasteiger partial charge in [-0.15, -0.1) is 0 Å². The molecule has 1 saturated heterocycles. The Hall–Kier alpha value is -1.92. The van der Waals surface area contributed by atoms with Crippen LogP contribution in [0.4, 0.5) is 15.8 Å². The van der Waals surface area contributed by atoms with Gasteiger partial charge in [-0.2, -0.15) is 0 Å². The highest BCUT2D eigenvalue weighted by molar-refractivity contribution is 9.10. The first-order valence-corrected chi connectivity index (χ1v) is 8.58. The lowest BCUT2D eigenvalue weighted by atomic mass is 10.1. The maximum absolute atomic E-state index is 13.9. The van der Waals surface area contributed by atoms with Crippen molar-refractivity contribution in [2.24, 2.45) is 0 Å². The van der Waals surface area contributed by atoms with Crippen molar-refractivity contribution >= 4 is 33.2 Å². The fourth-order valence-corrected chi connectivity index (χ4v) is 3.05. The molecular formula is C18H18BrFN2O2. The molecule has 0 unspecified atom stereocenters. The number of halogens is 2. The van der Waals surface area contributed by atoms with Gasteiger partial charge in [0.05, 0.1) is 24.1 Å². The van der Waals surface area contributed by atoms with Crippen LogP contribution in [0.15, 0.2) is 46.9 Å². The topological polar surface area (TPSA) is 41.6 Å². The van der Waals surface area contributed by atoms with Gasteiger partial charge in [-0.25, -0.2) is 4.39 Å². The van der Waals surface area contributed by atoms with Gasteiger partial charge in [0.1, 0.15) is 5.82 Å². The molecule has 24 heavy (non-hydrogen) atoms. The van der Waals surface area contributed by atoms with Crippen molar-refractivity contribution in [2.45, 2.75) is 6.42 Å². The molecule has 1 N–H and O–H groups in total. The van der Waals surface area contributed by atoms with Crippen LogP contribution in [0.2, 0.25) is 0 Å². The fraction of sp³-hybridized carbons (Fsp3) is 0.278. The summed E-state index contributed by atoms with van der Waals surface area (Å²) in [6, 6.07) is 12.6. The Bertz CT molecular complexity index is 715. The molecule has 0 saturated carbocycles. The van der Waals surface area contributed by atoms with Crippen LogP contribution in [0.5, 0.6) is 0 Å². The Balaban J connectivity index is 1.61. The molecule has 6 heteroatoms. The second-order valence-electron chi connectivity index (χ2n) is 5.58. The molecule has 2 aromatic rings. The number of carbonyl (C=O) groups is 1. The highest BCUT2D eigenvalue weighted by Crippen LogP contribution is 2.21. The average molecular weight is 393 g/mol. The molecule has 0 radical (unpaired) electrons. The Morgan fingerprint density at radius 3 is 2.58 bits per heavy atom. The van der Waals surface area contributed by atoms with E-state index in [1.165, 1.54) is 0 Å². The molecule has 1 aliphatic heterocycles. The van der Waals surface area contributed by atoms with Crippen LogP contribution in [0.25, 0.3) is 0 Å². The van der Waals surface area contributed by atoms with Crippen molar-refractivity contribution in [1.29, 1.82) is 0 Å². The molecule has 3 rings (SSSR count). The summed E-state index contributed by atoms with van der Waals surface area (Å²) in [5.41, 5.74) is 2.17. The van der Waals surface area contributed by atoms with Crippen molar-refractivity contribution in [3.05, 3.63) is 58.3 Å². The second kappa shape index (κ2) is 7.77. The summed E-state index contributed by atoms with van der Waals surface area (Å²) in [5, 5.41) is 2.80. The van der Waals surface area contributed by atoms with Crippen molar-refractivity contribution in [1.82, 2.24) is 0 Å². The van der Waals surface area contributed by atoms with Gasteiger partial charge in [0.15, 0.2) is 0 Å². The largest absolute Gasteiger partial charge is 0.378 e. The predicted octanol–water partition coefficient (Wildman–Crippen LogP) is 3.61. The second-order valence-corrected chi connectivity index (χ2v) is 6.44. The predicted molar refractivity (Wildman–Crippen MR) is 95.9 cm³/mol. The quantitative estimate of drug-likeness (QED) is 0.863. The van der Waals surface area contributed by atoms with Crippen molar-refractivity contribution < 1.29 is 13.9 Å². The minimum absolute atomic E-state index is 0.00348. The molecule has 0 aliphatic carbocycles. The normalized spacial score (nSPS) is 14.5. The van der Waals surface area contributed by atoms with E-state index in [0.29, 0.717) is 15.7 Å². The van der Waals surface area contributed by atoms with E-state index in [0.717, 1.165) is 32.0 Å². The number of benzene rings is 2. The van der Waals surface area contributed by atoms with Crippen LogP contribution < -0.4 is 10.2 Å². The zero-order valence-corrected chi connectivity index (χ0v) is 14.7. The van der Waals surface area contributed by atoms with Crippen molar-refractivity contribution in [2.75, 3.05) is 36.5 Å². The van der Waals surface area contributed by atoms with E-state index in [-0.39, 0.29) is 12.3 Å². The minimum atomic E-state index is -0.393. The first kappa shape index (κ1) is 16.9. The molecule has 0 atom stereocenters. The highest BCUT2D eigenvalue weighted by atomic mass is 79.9. The number of hydrogen-bond donors (Lipinski definition) is 1. The molecule has 4 nitrogen and oxygen atoms in total. The lowest BCUT2D eigenvalue weighted by molar-refractivity contribution is -0.115. The number of amides is 1. The van der Waals surface area contributed by atoms with E-state index in [1.807, 2.05) is 24.3 Å². The molecule has 0 spiro atoms. The van der Waals surface area contributed by atoms with Crippen LogP contribution in [0.3, 0.4) is 0 Å². The summed E-state index contributed by atoms with van der Waals surface area (Å²) < 4.78 is 19.6. The molecule has 0 aromatic heterocycles. The Labute approximate surface area is 148 Å². The van der Waals surface area contributed by atoms with E-state index >= 15 is 0 Å². The van der Waals surface area contributed by atoms with E-state index < -0.39 is 5.82 Å². The highest BCUT2D eigenvalue weighted by Gasteiger charge is 2.13. The SMILES string of the molecule is O=C(Cc1cccc(Br)c1F)Nc1ccc(N2CCOCC2)cc1. The van der Waals surface area contributed by atoms with E-state index in [1.54, 1.807) is 18.2 Å². The van der Waals surface area contributed by atoms with Gasteiger partial charge in [0.25, 0.3) is 0 Å². The minimum Gasteiger partial charge on any atom is -0.378 e. The third-order valence-corrected chi connectivity index (χ3v) is 4.52. The molecule has 126 valence electrons. The standard InChI is InChI=1S/C18H18BrFN2O2/c19-16-3-1-2-13(18(16)20)12-17(23)21-14-4-6-15(7-5-14)22-8-10-24-11-9-22/h1-7H,8-12H2,(H,21,23). The van der Waals surface area contributed by atoms with Crippen LogP contribution in [-0.4, -0.2) is 32.2 Å². The zero-order chi connectivity index (χ0) is 16.9. The van der Waals surface area contributed by atoms with Crippen LogP contribution in [0, 0.1) is 5.82 Å². The Kier molecular flexibility index (Phi) is 5.48. The summed E-state index contributed by atoms with van der Waals surface area (Å²) in [4.78, 5) is 14.4. The van der Waals surface area contributed by atoms with Gasteiger partial charge in [0, 0.05) is 24.5 Å². The van der Waals surface area contributed by atoms with E-state index in [9.17, 15) is 9.18 Å². The van der Waals surface area contributed by atoms with E-state index in [2.05, 4.69) is 26.1 Å². The third-order valence-electron chi connectivity index (χ3n) is 3.91. The van der Waals surface area contributed by atoms with Crippen LogP contribution >= 0.6 is 15.9 Å². The lowest BCUT2D eigenvalue weighted by Gasteiger charge is -2.28. The molecule has 0 bridgehead atoms. The van der Waals surface area contributed by atoms with Gasteiger partial charge in [-0.3, -0.25) is 4.79 Å². The number of carbonyl (C=O) groups excluding carboxylic acids is 1. The van der Waals surface area contributed by atoms with Gasteiger partial charge >= 0.3 is 0 Å². The number of nitrogens with one attached hydrogen (secondary N) is 1. The monoisotopic (exact) mass is 392 g/mol. The summed E-state index contributed by atoms with van der Waals surface area (Å²) >= 11 is 3.13. The third kappa shape index (κ3) is 4.13. The van der Waals surface area contributed by atoms with Gasteiger partial charge in [-0.1, -0.05) is 12.1 Å². The van der Waals surface area contributed by atoms with Gasteiger partial charge in [-0.05, 0) is 51.8 Å². The van der Waals surface area contributed by atoms with Crippen LogP contribution in [0.1, 0.15) is 5.56 Å². The van der Waals surface area contributed by atoms with Crippen molar-refractivity contribution in [3.8, 4) is 0 Å². The zero-order valence-electron chi connectivity index (χ0n) is 13.1. The molecular weight excluding hydrogens is 375 g/mol. The van der Waals surface area contributed by atoms with Crippen molar-refractivity contribution in [3.63, 3.8) is 0 Å². The van der Waals surface area contributed by atoms with E-state index in [4.69, 9.17) is 4.74 Å². The Morgan fingerprint density at radius 2 is 1.88 bits per heavy atom. The number of nitrogens with zero attached hydrogens (tertiary/aromatic N) is 1. The maximum atomic E-state index is 13.9. The first-order chi connectivity index (χ1) is 11.6. The Morgan fingerprint density at radius 1 is 1.17 bits per heavy atom. The summed E-state index contributed by atoms with van der Waals surface area (Å²) in [5.74, 6) is -0.638. The number of morpholine rings is 1. The maximum Gasteiger partial charge on any atom is 0.228 e. The fourth-order valence-electron chi connectivity index (χ4n) is 2.64. The first-order valence-electron chi connectivity index (χ1n) is 7.79. The van der Waals surface area contributed by atoms with Gasteiger partial charge < -0.3 is 15.0 Å². The number of hydrogen-bond acceptors (Lipinski definition) is 3. The summed E-state index contributed by atoms with van der Waals surface area (Å²) in [6.45, 7) is 3.20. The smallest absolute Gasteiger partial charge is 0.228 e. The average Bonchev–Trinajstić information content (AvgIpc) is 2.60. The summed E-state index contributed by atoms with van der Waals surface area (Å²) in [7, 11) is 0. The number of ether oxygens (including phenoxy) is 1. The molecule has 1 amide bonds. The number of anilines is 2. The molecule has 2 aromatic carbocycles. The molecule has 1 fully saturated rings.